The smallest absolute Gasteiger partial charge is 0.238 e. The molecule has 0 aromatic heterocycles. The topological polar surface area (TPSA) is 89.4 Å². The molecule has 0 heterocycles. The van der Waals surface area contributed by atoms with Gasteiger partial charge < -0.3 is 10.6 Å². The summed E-state index contributed by atoms with van der Waals surface area (Å²) in [5, 5.41) is 5.12. The van der Waals surface area contributed by atoms with Crippen molar-refractivity contribution in [2.24, 2.45) is 10.9 Å². The molecule has 2 aromatic rings. The highest BCUT2D eigenvalue weighted by Crippen LogP contribution is 2.26. The number of nitrogens with zero attached hydrogens (tertiary/aromatic N) is 1. The Morgan fingerprint density at radius 3 is 2.00 bits per heavy atom. The summed E-state index contributed by atoms with van der Waals surface area (Å²) < 4.78 is 22.6. The molecular formula is C15H19N3O2S. The Hall–Kier alpha value is -1.89. The van der Waals surface area contributed by atoms with E-state index in [-0.39, 0.29) is 4.90 Å². The molecule has 0 atom stereocenters. The summed E-state index contributed by atoms with van der Waals surface area (Å²) in [6, 6.07) is 16.4. The molecule has 0 aliphatic rings. The van der Waals surface area contributed by atoms with Crippen LogP contribution in [0, 0.1) is 0 Å². The maximum atomic E-state index is 11.3. The second-order valence-corrected chi connectivity index (χ2v) is 6.23. The number of anilines is 2. The van der Waals surface area contributed by atoms with Crippen molar-refractivity contribution in [1.82, 2.24) is 0 Å². The molecule has 21 heavy (non-hydrogen) atoms. The van der Waals surface area contributed by atoms with Crippen LogP contribution in [0.3, 0.4) is 0 Å². The first-order valence-corrected chi connectivity index (χ1v) is 8.22. The lowest BCUT2D eigenvalue weighted by molar-refractivity contribution is 0.598. The molecule has 6 heteroatoms. The third kappa shape index (κ3) is 4.04. The van der Waals surface area contributed by atoms with Crippen LogP contribution >= 0.6 is 0 Å². The maximum absolute atomic E-state index is 11.3. The molecule has 0 aliphatic heterocycles. The fourth-order valence-corrected chi connectivity index (χ4v) is 2.60. The molecule has 0 unspecified atom stereocenters. The Kier molecular flexibility index (Phi) is 4.95. The molecule has 0 aliphatic carbocycles. The van der Waals surface area contributed by atoms with E-state index in [9.17, 15) is 8.42 Å². The van der Waals surface area contributed by atoms with Gasteiger partial charge in [-0.1, -0.05) is 18.2 Å². The first-order chi connectivity index (χ1) is 10.0. The van der Waals surface area contributed by atoms with Gasteiger partial charge in [-0.25, -0.2) is 13.6 Å². The lowest BCUT2D eigenvalue weighted by Crippen LogP contribution is -2.21. The minimum absolute atomic E-state index is 0.109. The molecule has 0 fully saturated rings. The Labute approximate surface area is 125 Å². The van der Waals surface area contributed by atoms with Gasteiger partial charge in [0.25, 0.3) is 0 Å². The molecule has 4 N–H and O–H groups in total. The van der Waals surface area contributed by atoms with E-state index in [1.807, 2.05) is 30.3 Å². The highest BCUT2D eigenvalue weighted by atomic mass is 32.2. The van der Waals surface area contributed by atoms with Crippen molar-refractivity contribution in [2.75, 3.05) is 18.0 Å². The summed E-state index contributed by atoms with van der Waals surface area (Å²) in [4.78, 5) is 2.21. The minimum atomic E-state index is -3.67. The van der Waals surface area contributed by atoms with E-state index >= 15 is 0 Å². The number of primary sulfonamides is 1. The van der Waals surface area contributed by atoms with Gasteiger partial charge in [-0.3, -0.25) is 0 Å². The molecule has 112 valence electrons. The summed E-state index contributed by atoms with van der Waals surface area (Å²) in [5.74, 6) is 0. The van der Waals surface area contributed by atoms with Gasteiger partial charge in [0.1, 0.15) is 0 Å². The van der Waals surface area contributed by atoms with Crippen molar-refractivity contribution >= 4 is 21.4 Å². The van der Waals surface area contributed by atoms with Crippen LogP contribution in [-0.2, 0) is 10.0 Å². The van der Waals surface area contributed by atoms with Crippen molar-refractivity contribution in [3.63, 3.8) is 0 Å². The number of hydrogen-bond donors (Lipinski definition) is 2. The molecular weight excluding hydrogens is 286 g/mol. The summed E-state index contributed by atoms with van der Waals surface area (Å²) in [6.07, 6.45) is 0.839. The number of para-hydroxylation sites is 1. The average molecular weight is 305 g/mol. The van der Waals surface area contributed by atoms with E-state index in [2.05, 4.69) is 4.90 Å². The highest BCUT2D eigenvalue weighted by Gasteiger charge is 2.11. The van der Waals surface area contributed by atoms with Crippen molar-refractivity contribution in [2.45, 2.75) is 11.3 Å². The number of sulfonamides is 1. The van der Waals surface area contributed by atoms with Crippen LogP contribution in [0.25, 0.3) is 0 Å². The quantitative estimate of drug-likeness (QED) is 0.852. The van der Waals surface area contributed by atoms with Crippen LogP contribution < -0.4 is 15.8 Å². The number of rotatable bonds is 6. The molecule has 2 rings (SSSR count). The van der Waals surface area contributed by atoms with E-state index in [0.717, 1.165) is 24.3 Å². The molecule has 0 saturated heterocycles. The normalized spacial score (nSPS) is 11.3. The van der Waals surface area contributed by atoms with Gasteiger partial charge in [0, 0.05) is 17.9 Å². The predicted molar refractivity (Wildman–Crippen MR) is 84.9 cm³/mol. The monoisotopic (exact) mass is 305 g/mol. The Bertz CT molecular complexity index is 670. The van der Waals surface area contributed by atoms with Gasteiger partial charge in [-0.15, -0.1) is 0 Å². The SMILES string of the molecule is NCCCN(c1ccccc1)c1ccc(S(N)(=O)=O)cc1. The standard InChI is InChI=1S/C15H19N3O2S/c16-11-4-12-18(13-5-2-1-3-6-13)14-7-9-15(10-8-14)21(17,19)20/h1-3,5-10H,4,11-12,16H2,(H2,17,19,20). The van der Waals surface area contributed by atoms with Crippen molar-refractivity contribution in [3.8, 4) is 0 Å². The van der Waals surface area contributed by atoms with Gasteiger partial charge in [-0.05, 0) is 49.4 Å². The molecule has 0 saturated carbocycles. The Balaban J connectivity index is 2.33. The minimum Gasteiger partial charge on any atom is -0.341 e. The van der Waals surface area contributed by atoms with Crippen molar-refractivity contribution in [1.29, 1.82) is 0 Å². The van der Waals surface area contributed by atoms with E-state index in [1.165, 1.54) is 12.1 Å². The third-order valence-electron chi connectivity index (χ3n) is 3.13. The van der Waals surface area contributed by atoms with E-state index in [0.29, 0.717) is 6.54 Å². The fraction of sp³-hybridized carbons (Fsp3) is 0.200. The summed E-state index contributed by atoms with van der Waals surface area (Å²) in [5.41, 5.74) is 7.53. The van der Waals surface area contributed by atoms with Crippen LogP contribution in [0.4, 0.5) is 11.4 Å². The molecule has 0 spiro atoms. The zero-order valence-corrected chi connectivity index (χ0v) is 12.5. The third-order valence-corrected chi connectivity index (χ3v) is 4.06. The van der Waals surface area contributed by atoms with Gasteiger partial charge in [0.05, 0.1) is 4.90 Å². The molecule has 5 nitrogen and oxygen atoms in total. The van der Waals surface area contributed by atoms with Crippen LogP contribution in [0.1, 0.15) is 6.42 Å². The van der Waals surface area contributed by atoms with Crippen LogP contribution in [0.2, 0.25) is 0 Å². The average Bonchev–Trinajstić information content (AvgIpc) is 2.48. The van der Waals surface area contributed by atoms with Crippen molar-refractivity contribution < 1.29 is 8.42 Å². The van der Waals surface area contributed by atoms with Crippen LogP contribution in [-0.4, -0.2) is 21.5 Å². The van der Waals surface area contributed by atoms with E-state index in [1.54, 1.807) is 12.1 Å². The van der Waals surface area contributed by atoms with Gasteiger partial charge in [0.2, 0.25) is 10.0 Å². The largest absolute Gasteiger partial charge is 0.341 e. The zero-order chi connectivity index (χ0) is 15.3. The van der Waals surface area contributed by atoms with Gasteiger partial charge in [-0.2, -0.15) is 0 Å². The molecule has 0 bridgehead atoms. The fourth-order valence-electron chi connectivity index (χ4n) is 2.08. The van der Waals surface area contributed by atoms with E-state index < -0.39 is 10.0 Å². The predicted octanol–water partition coefficient (Wildman–Crippen LogP) is 1.82. The van der Waals surface area contributed by atoms with Gasteiger partial charge in [0.15, 0.2) is 0 Å². The summed E-state index contributed by atoms with van der Waals surface area (Å²) in [6.45, 7) is 1.35. The number of benzene rings is 2. The molecule has 2 aromatic carbocycles. The Morgan fingerprint density at radius 1 is 0.905 bits per heavy atom. The first-order valence-electron chi connectivity index (χ1n) is 6.68. The van der Waals surface area contributed by atoms with E-state index in [4.69, 9.17) is 10.9 Å². The summed E-state index contributed by atoms with van der Waals surface area (Å²) in [7, 11) is -3.67. The van der Waals surface area contributed by atoms with Crippen LogP contribution in [0.15, 0.2) is 59.5 Å². The molecule has 0 amide bonds. The number of hydrogen-bond acceptors (Lipinski definition) is 4. The van der Waals surface area contributed by atoms with Crippen LogP contribution in [0.5, 0.6) is 0 Å². The Morgan fingerprint density at radius 2 is 1.48 bits per heavy atom. The second kappa shape index (κ2) is 6.71. The lowest BCUT2D eigenvalue weighted by atomic mass is 10.2. The lowest BCUT2D eigenvalue weighted by Gasteiger charge is -2.25. The second-order valence-electron chi connectivity index (χ2n) is 4.67. The number of nitrogens with two attached hydrogens (primary N) is 2. The zero-order valence-electron chi connectivity index (χ0n) is 11.6. The molecule has 0 radical (unpaired) electrons. The highest BCUT2D eigenvalue weighted by molar-refractivity contribution is 7.89. The van der Waals surface area contributed by atoms with Crippen molar-refractivity contribution in [3.05, 3.63) is 54.6 Å². The van der Waals surface area contributed by atoms with Gasteiger partial charge >= 0.3 is 0 Å². The summed E-state index contributed by atoms with van der Waals surface area (Å²) >= 11 is 0. The maximum Gasteiger partial charge on any atom is 0.238 e. The first kappa shape index (κ1) is 15.5.